The first-order chi connectivity index (χ1) is 9.34. The highest BCUT2D eigenvalue weighted by molar-refractivity contribution is 9.10. The Balaban J connectivity index is 2.11. The van der Waals surface area contributed by atoms with Gasteiger partial charge in [-0.25, -0.2) is 0 Å². The van der Waals surface area contributed by atoms with E-state index in [1.165, 1.54) is 38.0 Å². The van der Waals surface area contributed by atoms with E-state index >= 15 is 0 Å². The second-order valence-corrected chi connectivity index (χ2v) is 7.27. The first-order valence-corrected chi connectivity index (χ1v) is 8.32. The third-order valence-corrected chi connectivity index (χ3v) is 5.78. The minimum Gasteiger partial charge on any atom is -0.326 e. The molecule has 1 aromatic rings. The van der Waals surface area contributed by atoms with Crippen LogP contribution < -0.4 is 5.73 Å². The lowest BCUT2D eigenvalue weighted by Crippen LogP contribution is -2.58. The summed E-state index contributed by atoms with van der Waals surface area (Å²) in [7, 11) is 1.99. The smallest absolute Gasteiger partial charge is 0.0738 e. The molecule has 0 aliphatic carbocycles. The van der Waals surface area contributed by atoms with Gasteiger partial charge in [0.1, 0.15) is 0 Å². The third-order valence-electron chi connectivity index (χ3n) is 4.75. The number of rotatable bonds is 4. The average molecular weight is 343 g/mol. The van der Waals surface area contributed by atoms with Gasteiger partial charge in [-0.15, -0.1) is 0 Å². The molecule has 1 saturated heterocycles. The Morgan fingerprint density at radius 1 is 1.30 bits per heavy atom. The van der Waals surface area contributed by atoms with Crippen molar-refractivity contribution >= 4 is 15.9 Å². The van der Waals surface area contributed by atoms with Crippen molar-refractivity contribution in [2.24, 2.45) is 12.8 Å². The molecule has 0 saturated carbocycles. The van der Waals surface area contributed by atoms with Gasteiger partial charge in [0.15, 0.2) is 0 Å². The number of nitrogens with zero attached hydrogens (tertiary/aromatic N) is 3. The molecule has 2 rings (SSSR count). The number of aromatic nitrogens is 2. The second-order valence-electron chi connectivity index (χ2n) is 6.48. The fourth-order valence-electron chi connectivity index (χ4n) is 3.06. The standard InChI is InChI=1S/C15H27BrN4/c1-11-14(16)12(19(4)18-11)10-13(17)15(2,3)20-8-6-5-7-9-20/h13H,5-10,17H2,1-4H3. The van der Waals surface area contributed by atoms with Gasteiger partial charge in [-0.2, -0.15) is 5.10 Å². The summed E-state index contributed by atoms with van der Waals surface area (Å²) in [6.07, 6.45) is 4.80. The van der Waals surface area contributed by atoms with E-state index in [0.29, 0.717) is 0 Å². The van der Waals surface area contributed by atoms with Crippen molar-refractivity contribution in [3.05, 3.63) is 15.9 Å². The molecule has 1 aliphatic rings. The summed E-state index contributed by atoms with van der Waals surface area (Å²) < 4.78 is 3.05. The molecule has 0 amide bonds. The highest BCUT2D eigenvalue weighted by atomic mass is 79.9. The van der Waals surface area contributed by atoms with E-state index in [-0.39, 0.29) is 11.6 Å². The van der Waals surface area contributed by atoms with E-state index in [9.17, 15) is 0 Å². The van der Waals surface area contributed by atoms with Crippen LogP contribution in [0.2, 0.25) is 0 Å². The second kappa shape index (κ2) is 6.16. The molecule has 1 fully saturated rings. The zero-order valence-electron chi connectivity index (χ0n) is 13.1. The maximum atomic E-state index is 6.56. The third kappa shape index (κ3) is 3.10. The zero-order valence-corrected chi connectivity index (χ0v) is 14.7. The Hall–Kier alpha value is -0.390. The van der Waals surface area contributed by atoms with Gasteiger partial charge >= 0.3 is 0 Å². The number of piperidine rings is 1. The predicted molar refractivity (Wildman–Crippen MR) is 86.8 cm³/mol. The molecule has 114 valence electrons. The van der Waals surface area contributed by atoms with Crippen molar-refractivity contribution < 1.29 is 0 Å². The van der Waals surface area contributed by atoms with Crippen LogP contribution in [0.1, 0.15) is 44.5 Å². The number of likely N-dealkylation sites (tertiary alicyclic amines) is 1. The van der Waals surface area contributed by atoms with E-state index in [2.05, 4.69) is 39.8 Å². The molecule has 1 unspecified atom stereocenters. The van der Waals surface area contributed by atoms with E-state index in [1.807, 2.05) is 18.7 Å². The number of hydrogen-bond acceptors (Lipinski definition) is 3. The highest BCUT2D eigenvalue weighted by Crippen LogP contribution is 2.27. The van der Waals surface area contributed by atoms with Gasteiger partial charge in [0, 0.05) is 25.0 Å². The summed E-state index contributed by atoms with van der Waals surface area (Å²) in [4.78, 5) is 2.55. The number of hydrogen-bond donors (Lipinski definition) is 1. The topological polar surface area (TPSA) is 47.1 Å². The molecule has 20 heavy (non-hydrogen) atoms. The molecule has 1 aliphatic heterocycles. The Morgan fingerprint density at radius 2 is 1.90 bits per heavy atom. The summed E-state index contributed by atoms with van der Waals surface area (Å²) in [5, 5.41) is 4.46. The Morgan fingerprint density at radius 3 is 2.40 bits per heavy atom. The normalized spacial score (nSPS) is 19.3. The fourth-order valence-corrected chi connectivity index (χ4v) is 3.56. The number of nitrogens with two attached hydrogens (primary N) is 1. The lowest BCUT2D eigenvalue weighted by molar-refractivity contribution is 0.0726. The monoisotopic (exact) mass is 342 g/mol. The van der Waals surface area contributed by atoms with Crippen LogP contribution in [-0.2, 0) is 13.5 Å². The van der Waals surface area contributed by atoms with Crippen molar-refractivity contribution in [3.63, 3.8) is 0 Å². The first-order valence-electron chi connectivity index (χ1n) is 7.52. The van der Waals surface area contributed by atoms with Crippen LogP contribution in [0, 0.1) is 6.92 Å². The van der Waals surface area contributed by atoms with E-state index in [1.54, 1.807) is 0 Å². The van der Waals surface area contributed by atoms with Crippen molar-refractivity contribution in [2.45, 2.75) is 58.0 Å². The zero-order chi connectivity index (χ0) is 14.9. The fraction of sp³-hybridized carbons (Fsp3) is 0.800. The lowest BCUT2D eigenvalue weighted by Gasteiger charge is -2.44. The largest absolute Gasteiger partial charge is 0.326 e. The van der Waals surface area contributed by atoms with Gasteiger partial charge < -0.3 is 5.73 Å². The maximum absolute atomic E-state index is 6.56. The van der Waals surface area contributed by atoms with Gasteiger partial charge in [-0.05, 0) is 62.6 Å². The van der Waals surface area contributed by atoms with Crippen LogP contribution in [0.3, 0.4) is 0 Å². The number of aryl methyl sites for hydroxylation is 2. The SMILES string of the molecule is Cc1nn(C)c(CC(N)C(C)(C)N2CCCCC2)c1Br. The van der Waals surface area contributed by atoms with Crippen molar-refractivity contribution in [3.8, 4) is 0 Å². The van der Waals surface area contributed by atoms with Crippen molar-refractivity contribution in [1.29, 1.82) is 0 Å². The maximum Gasteiger partial charge on any atom is 0.0738 e. The van der Waals surface area contributed by atoms with Gasteiger partial charge in [-0.3, -0.25) is 9.58 Å². The Labute approximate surface area is 130 Å². The molecule has 2 N–H and O–H groups in total. The number of halogens is 1. The summed E-state index contributed by atoms with van der Waals surface area (Å²) in [6.45, 7) is 8.92. The van der Waals surface area contributed by atoms with Crippen LogP contribution in [-0.4, -0.2) is 39.4 Å². The van der Waals surface area contributed by atoms with Crippen molar-refractivity contribution in [1.82, 2.24) is 14.7 Å². The van der Waals surface area contributed by atoms with Crippen LogP contribution in [0.25, 0.3) is 0 Å². The lowest BCUT2D eigenvalue weighted by atomic mass is 9.88. The highest BCUT2D eigenvalue weighted by Gasteiger charge is 2.34. The van der Waals surface area contributed by atoms with Crippen LogP contribution in [0.15, 0.2) is 4.47 Å². The van der Waals surface area contributed by atoms with Gasteiger partial charge in [0.2, 0.25) is 0 Å². The van der Waals surface area contributed by atoms with E-state index in [0.717, 1.165) is 16.6 Å². The Kier molecular flexibility index (Phi) is 4.92. The summed E-state index contributed by atoms with van der Waals surface area (Å²) >= 11 is 3.64. The van der Waals surface area contributed by atoms with Crippen LogP contribution >= 0.6 is 15.9 Å². The molecule has 0 spiro atoms. The molecule has 1 atom stereocenters. The van der Waals surface area contributed by atoms with Crippen molar-refractivity contribution in [2.75, 3.05) is 13.1 Å². The predicted octanol–water partition coefficient (Wildman–Crippen LogP) is 2.63. The van der Waals surface area contributed by atoms with Gasteiger partial charge in [0.05, 0.1) is 15.9 Å². The molecular formula is C15H27BrN4. The Bertz CT molecular complexity index is 461. The van der Waals surface area contributed by atoms with Crippen LogP contribution in [0.5, 0.6) is 0 Å². The molecule has 0 aromatic carbocycles. The van der Waals surface area contributed by atoms with Crippen LogP contribution in [0.4, 0.5) is 0 Å². The molecule has 1 aromatic heterocycles. The first kappa shape index (κ1) is 16.0. The van der Waals surface area contributed by atoms with E-state index < -0.39 is 0 Å². The molecule has 5 heteroatoms. The molecular weight excluding hydrogens is 316 g/mol. The average Bonchev–Trinajstić information content (AvgIpc) is 2.66. The summed E-state index contributed by atoms with van der Waals surface area (Å²) in [5.74, 6) is 0. The molecule has 0 bridgehead atoms. The minimum atomic E-state index is 0.0258. The summed E-state index contributed by atoms with van der Waals surface area (Å²) in [6, 6.07) is 0.103. The van der Waals surface area contributed by atoms with Gasteiger partial charge in [-0.1, -0.05) is 6.42 Å². The van der Waals surface area contributed by atoms with Gasteiger partial charge in [0.25, 0.3) is 0 Å². The molecule has 4 nitrogen and oxygen atoms in total. The summed E-state index contributed by atoms with van der Waals surface area (Å²) in [5.41, 5.74) is 8.81. The minimum absolute atomic E-state index is 0.0258. The molecule has 2 heterocycles. The van der Waals surface area contributed by atoms with E-state index in [4.69, 9.17) is 5.73 Å². The molecule has 0 radical (unpaired) electrons. The quantitative estimate of drug-likeness (QED) is 0.914.